The topological polar surface area (TPSA) is 46.9 Å². The Morgan fingerprint density at radius 2 is 1.89 bits per heavy atom. The Morgan fingerprint density at radius 1 is 1.21 bits per heavy atom. The Labute approximate surface area is 116 Å². The van der Waals surface area contributed by atoms with E-state index in [9.17, 15) is 4.79 Å². The number of hydrogen-bond donors (Lipinski definition) is 1. The van der Waals surface area contributed by atoms with E-state index in [1.165, 1.54) is 12.8 Å². The van der Waals surface area contributed by atoms with E-state index in [-0.39, 0.29) is 17.6 Å². The van der Waals surface area contributed by atoms with E-state index in [0.29, 0.717) is 5.82 Å². The molecule has 0 bridgehead atoms. The molecular formula is C15H27N3O. The highest BCUT2D eigenvalue weighted by molar-refractivity contribution is 5.32. The molecule has 4 nitrogen and oxygen atoms in total. The molecule has 0 aliphatic carbocycles. The Bertz CT molecular complexity index is 437. The van der Waals surface area contributed by atoms with Crippen molar-refractivity contribution in [2.45, 2.75) is 66.0 Å². The molecule has 0 amide bonds. The Hall–Kier alpha value is -1.32. The highest BCUT2D eigenvalue weighted by Crippen LogP contribution is 2.10. The van der Waals surface area contributed by atoms with E-state index in [4.69, 9.17) is 0 Å². The quantitative estimate of drug-likeness (QED) is 0.821. The van der Waals surface area contributed by atoms with E-state index in [0.717, 1.165) is 12.3 Å². The minimum absolute atomic E-state index is 0.0341. The number of anilines is 1. The van der Waals surface area contributed by atoms with Gasteiger partial charge in [-0.05, 0) is 33.1 Å². The van der Waals surface area contributed by atoms with Crippen LogP contribution in [-0.2, 0) is 0 Å². The Morgan fingerprint density at radius 3 is 2.47 bits per heavy atom. The van der Waals surface area contributed by atoms with Crippen LogP contribution in [0.15, 0.2) is 17.2 Å². The first-order valence-corrected chi connectivity index (χ1v) is 7.25. The third-order valence-electron chi connectivity index (χ3n) is 3.23. The second-order valence-electron chi connectivity index (χ2n) is 5.95. The van der Waals surface area contributed by atoms with Crippen molar-refractivity contribution in [3.8, 4) is 0 Å². The van der Waals surface area contributed by atoms with Crippen molar-refractivity contribution in [3.05, 3.63) is 22.7 Å². The van der Waals surface area contributed by atoms with Crippen LogP contribution in [0.3, 0.4) is 0 Å². The molecule has 1 aromatic heterocycles. The maximum Gasteiger partial charge on any atom is 0.293 e. The van der Waals surface area contributed by atoms with Gasteiger partial charge in [0, 0.05) is 24.5 Å². The van der Waals surface area contributed by atoms with E-state index >= 15 is 0 Å². The summed E-state index contributed by atoms with van der Waals surface area (Å²) in [7, 11) is 0. The van der Waals surface area contributed by atoms with Crippen LogP contribution in [0.5, 0.6) is 0 Å². The highest BCUT2D eigenvalue weighted by Gasteiger charge is 2.10. The van der Waals surface area contributed by atoms with Crippen molar-refractivity contribution in [3.63, 3.8) is 0 Å². The summed E-state index contributed by atoms with van der Waals surface area (Å²) >= 11 is 0. The van der Waals surface area contributed by atoms with Crippen molar-refractivity contribution >= 4 is 5.82 Å². The van der Waals surface area contributed by atoms with Crippen molar-refractivity contribution in [2.75, 3.05) is 5.32 Å². The molecule has 1 unspecified atom stereocenters. The lowest BCUT2D eigenvalue weighted by Gasteiger charge is -2.16. The summed E-state index contributed by atoms with van der Waals surface area (Å²) in [5.41, 5.74) is -0.0341. The molecule has 1 heterocycles. The second-order valence-corrected chi connectivity index (χ2v) is 5.95. The fraction of sp³-hybridized carbons (Fsp3) is 0.733. The lowest BCUT2D eigenvalue weighted by molar-refractivity contribution is 0.518. The minimum Gasteiger partial charge on any atom is -0.363 e. The van der Waals surface area contributed by atoms with Crippen molar-refractivity contribution in [1.29, 1.82) is 0 Å². The lowest BCUT2D eigenvalue weighted by atomic mass is 10.0. The molecule has 0 saturated heterocycles. The van der Waals surface area contributed by atoms with Gasteiger partial charge in [0.1, 0.15) is 0 Å². The summed E-state index contributed by atoms with van der Waals surface area (Å²) < 4.78 is 1.70. The molecule has 1 rings (SSSR count). The molecule has 0 saturated carbocycles. The first kappa shape index (κ1) is 15.7. The fourth-order valence-corrected chi connectivity index (χ4v) is 2.07. The summed E-state index contributed by atoms with van der Waals surface area (Å²) in [6.45, 7) is 10.6. The van der Waals surface area contributed by atoms with Crippen LogP contribution in [0.25, 0.3) is 0 Å². The number of nitrogens with zero attached hydrogens (tertiary/aromatic N) is 2. The molecule has 0 aromatic carbocycles. The number of aromatic nitrogens is 2. The molecule has 0 aliphatic heterocycles. The van der Waals surface area contributed by atoms with Crippen LogP contribution in [0, 0.1) is 5.92 Å². The highest BCUT2D eigenvalue weighted by atomic mass is 16.1. The van der Waals surface area contributed by atoms with Gasteiger partial charge in [-0.3, -0.25) is 4.79 Å². The molecule has 1 N–H and O–H groups in total. The fourth-order valence-electron chi connectivity index (χ4n) is 2.07. The predicted molar refractivity (Wildman–Crippen MR) is 80.7 cm³/mol. The summed E-state index contributed by atoms with van der Waals surface area (Å²) in [6, 6.07) is 0.439. The first-order chi connectivity index (χ1) is 8.91. The zero-order chi connectivity index (χ0) is 14.4. The molecule has 19 heavy (non-hydrogen) atoms. The zero-order valence-electron chi connectivity index (χ0n) is 12.8. The minimum atomic E-state index is -0.0341. The van der Waals surface area contributed by atoms with Crippen LogP contribution in [-0.4, -0.2) is 15.6 Å². The standard InChI is InChI=1S/C15H27N3O/c1-11(2)7-6-8-13(5)17-14-15(19)18(12(3)4)10-9-16-14/h9-13H,6-8H2,1-5H3,(H,16,17). The van der Waals surface area contributed by atoms with E-state index in [2.05, 4.69) is 31.1 Å². The van der Waals surface area contributed by atoms with Gasteiger partial charge >= 0.3 is 0 Å². The lowest BCUT2D eigenvalue weighted by Crippen LogP contribution is -2.28. The molecule has 4 heteroatoms. The van der Waals surface area contributed by atoms with Crippen molar-refractivity contribution in [2.24, 2.45) is 5.92 Å². The van der Waals surface area contributed by atoms with Gasteiger partial charge < -0.3 is 9.88 Å². The maximum absolute atomic E-state index is 12.2. The summed E-state index contributed by atoms with van der Waals surface area (Å²) in [6.07, 6.45) is 6.89. The van der Waals surface area contributed by atoms with Crippen LogP contribution < -0.4 is 10.9 Å². The summed E-state index contributed by atoms with van der Waals surface area (Å²) in [5, 5.41) is 3.23. The Balaban J connectivity index is 2.62. The van der Waals surface area contributed by atoms with E-state index in [1.807, 2.05) is 13.8 Å². The Kier molecular flexibility index (Phi) is 6.06. The number of rotatable bonds is 7. The van der Waals surface area contributed by atoms with Gasteiger partial charge in [-0.2, -0.15) is 0 Å². The van der Waals surface area contributed by atoms with Crippen molar-refractivity contribution < 1.29 is 0 Å². The molecule has 0 radical (unpaired) electrons. The second kappa shape index (κ2) is 7.31. The number of nitrogens with one attached hydrogen (secondary N) is 1. The van der Waals surface area contributed by atoms with Gasteiger partial charge in [0.05, 0.1) is 0 Å². The maximum atomic E-state index is 12.2. The number of hydrogen-bond acceptors (Lipinski definition) is 3. The smallest absolute Gasteiger partial charge is 0.293 e. The molecule has 0 fully saturated rings. The molecule has 0 spiro atoms. The average Bonchev–Trinajstić information content (AvgIpc) is 2.31. The monoisotopic (exact) mass is 265 g/mol. The van der Waals surface area contributed by atoms with Crippen molar-refractivity contribution in [1.82, 2.24) is 9.55 Å². The van der Waals surface area contributed by atoms with Gasteiger partial charge in [0.25, 0.3) is 5.56 Å². The zero-order valence-corrected chi connectivity index (χ0v) is 12.8. The van der Waals surface area contributed by atoms with E-state index < -0.39 is 0 Å². The third-order valence-corrected chi connectivity index (χ3v) is 3.23. The van der Waals surface area contributed by atoms with Gasteiger partial charge in [0.2, 0.25) is 0 Å². The van der Waals surface area contributed by atoms with Gasteiger partial charge in [-0.25, -0.2) is 4.98 Å². The summed E-state index contributed by atoms with van der Waals surface area (Å²) in [4.78, 5) is 16.3. The largest absolute Gasteiger partial charge is 0.363 e. The molecule has 108 valence electrons. The summed E-state index contributed by atoms with van der Waals surface area (Å²) in [5.74, 6) is 1.20. The molecule has 0 aliphatic rings. The first-order valence-electron chi connectivity index (χ1n) is 7.25. The predicted octanol–water partition coefficient (Wildman–Crippen LogP) is 3.45. The van der Waals surface area contributed by atoms with Crippen LogP contribution >= 0.6 is 0 Å². The normalized spacial score (nSPS) is 13.0. The SMILES string of the molecule is CC(C)CCCC(C)Nc1nccn(C(C)C)c1=O. The van der Waals surface area contributed by atoms with Crippen LogP contribution in [0.4, 0.5) is 5.82 Å². The van der Waals surface area contributed by atoms with Gasteiger partial charge in [-0.15, -0.1) is 0 Å². The van der Waals surface area contributed by atoms with Crippen LogP contribution in [0.1, 0.15) is 59.9 Å². The van der Waals surface area contributed by atoms with Crippen LogP contribution in [0.2, 0.25) is 0 Å². The van der Waals surface area contributed by atoms with Gasteiger partial charge in [-0.1, -0.05) is 26.7 Å². The molecule has 1 aromatic rings. The van der Waals surface area contributed by atoms with E-state index in [1.54, 1.807) is 17.0 Å². The molecular weight excluding hydrogens is 238 g/mol. The average molecular weight is 265 g/mol. The molecule has 1 atom stereocenters. The van der Waals surface area contributed by atoms with Gasteiger partial charge in [0.15, 0.2) is 5.82 Å². The third kappa shape index (κ3) is 5.05.